The molecule has 0 aliphatic carbocycles. The maximum Gasteiger partial charge on any atom is 0.338 e. The molecule has 0 heterocycles. The van der Waals surface area contributed by atoms with Gasteiger partial charge in [0.1, 0.15) is 12.2 Å². The van der Waals surface area contributed by atoms with Gasteiger partial charge in [0.05, 0.1) is 18.8 Å². The maximum atomic E-state index is 11.5. The first-order chi connectivity index (χ1) is 9.62. The second-order valence-corrected chi connectivity index (χ2v) is 4.12. The van der Waals surface area contributed by atoms with Crippen molar-refractivity contribution in [2.75, 3.05) is 13.2 Å². The van der Waals surface area contributed by atoms with Crippen molar-refractivity contribution >= 4 is 18.2 Å². The van der Waals surface area contributed by atoms with E-state index in [9.17, 15) is 14.4 Å². The van der Waals surface area contributed by atoms with Gasteiger partial charge in [-0.3, -0.25) is 4.79 Å². The third-order valence-electron chi connectivity index (χ3n) is 2.67. The lowest BCUT2D eigenvalue weighted by Gasteiger charge is -2.09. The quantitative estimate of drug-likeness (QED) is 0.432. The summed E-state index contributed by atoms with van der Waals surface area (Å²) in [6.45, 7) is 3.98. The molecule has 1 atom stereocenters. The highest BCUT2D eigenvalue weighted by atomic mass is 16.5. The topological polar surface area (TPSA) is 69.7 Å². The summed E-state index contributed by atoms with van der Waals surface area (Å²) in [5, 5.41) is 0. The van der Waals surface area contributed by atoms with E-state index in [0.29, 0.717) is 18.5 Å². The van der Waals surface area contributed by atoms with Gasteiger partial charge in [0.15, 0.2) is 0 Å². The lowest BCUT2D eigenvalue weighted by atomic mass is 10.00. The fourth-order valence-corrected chi connectivity index (χ4v) is 1.68. The van der Waals surface area contributed by atoms with Crippen LogP contribution in [0.5, 0.6) is 0 Å². The number of carbonyl (C=O) groups excluding carboxylic acids is 3. The third-order valence-corrected chi connectivity index (χ3v) is 2.67. The minimum atomic E-state index is -0.816. The van der Waals surface area contributed by atoms with Crippen LogP contribution in [0.15, 0.2) is 24.3 Å². The van der Waals surface area contributed by atoms with Crippen LogP contribution in [0.4, 0.5) is 0 Å². The highest BCUT2D eigenvalue weighted by molar-refractivity contribution is 5.90. The summed E-state index contributed by atoms with van der Waals surface area (Å²) in [6.07, 6.45) is 0.836. The van der Waals surface area contributed by atoms with Gasteiger partial charge in [0.25, 0.3) is 0 Å². The molecule has 20 heavy (non-hydrogen) atoms. The molecule has 5 nitrogen and oxygen atoms in total. The molecule has 0 aromatic heterocycles. The van der Waals surface area contributed by atoms with Gasteiger partial charge in [-0.25, -0.2) is 4.79 Å². The van der Waals surface area contributed by atoms with Gasteiger partial charge in [0.2, 0.25) is 0 Å². The molecule has 0 saturated carbocycles. The molecule has 108 valence electrons. The van der Waals surface area contributed by atoms with Crippen molar-refractivity contribution in [1.29, 1.82) is 0 Å². The van der Waals surface area contributed by atoms with Crippen molar-refractivity contribution in [3.63, 3.8) is 0 Å². The lowest BCUT2D eigenvalue weighted by molar-refractivity contribution is -0.149. The van der Waals surface area contributed by atoms with Gasteiger partial charge in [-0.2, -0.15) is 0 Å². The van der Waals surface area contributed by atoms with Crippen LogP contribution in [0.25, 0.3) is 0 Å². The number of aldehydes is 1. The van der Waals surface area contributed by atoms with E-state index in [-0.39, 0.29) is 13.0 Å². The van der Waals surface area contributed by atoms with E-state index < -0.39 is 17.9 Å². The molecule has 1 unspecified atom stereocenters. The molecule has 1 aromatic rings. The Labute approximate surface area is 117 Å². The van der Waals surface area contributed by atoms with Crippen LogP contribution in [0.1, 0.15) is 29.8 Å². The van der Waals surface area contributed by atoms with E-state index in [4.69, 9.17) is 9.47 Å². The number of hydrogen-bond acceptors (Lipinski definition) is 5. The van der Waals surface area contributed by atoms with Crippen LogP contribution in [0.3, 0.4) is 0 Å². The Morgan fingerprint density at radius 1 is 1.10 bits per heavy atom. The van der Waals surface area contributed by atoms with E-state index in [2.05, 4.69) is 0 Å². The summed E-state index contributed by atoms with van der Waals surface area (Å²) in [6, 6.07) is 6.62. The van der Waals surface area contributed by atoms with Crippen LogP contribution in [0, 0.1) is 5.92 Å². The van der Waals surface area contributed by atoms with Crippen LogP contribution in [-0.4, -0.2) is 31.4 Å². The Bertz CT molecular complexity index is 464. The number of ether oxygens (including phenoxy) is 2. The Kier molecular flexibility index (Phi) is 6.43. The fourth-order valence-electron chi connectivity index (χ4n) is 1.68. The van der Waals surface area contributed by atoms with E-state index >= 15 is 0 Å². The van der Waals surface area contributed by atoms with Crippen molar-refractivity contribution in [3.05, 3.63) is 35.4 Å². The second kappa shape index (κ2) is 8.09. The van der Waals surface area contributed by atoms with Crippen molar-refractivity contribution in [2.24, 2.45) is 5.92 Å². The molecule has 0 aliphatic heterocycles. The molecule has 0 aliphatic rings. The summed E-state index contributed by atoms with van der Waals surface area (Å²) in [4.78, 5) is 33.9. The molecule has 5 heteroatoms. The molecule has 0 radical (unpaired) electrons. The first-order valence-corrected chi connectivity index (χ1v) is 6.50. The van der Waals surface area contributed by atoms with Crippen molar-refractivity contribution in [3.8, 4) is 0 Å². The molecule has 0 amide bonds. The number of hydrogen-bond donors (Lipinski definition) is 0. The highest BCUT2D eigenvalue weighted by Gasteiger charge is 2.19. The zero-order valence-corrected chi connectivity index (χ0v) is 11.6. The molecule has 0 saturated heterocycles. The Morgan fingerprint density at radius 3 is 2.20 bits per heavy atom. The first kappa shape index (κ1) is 15.9. The van der Waals surface area contributed by atoms with E-state index in [1.165, 1.54) is 0 Å². The Balaban J connectivity index is 2.71. The SMILES string of the molecule is CCOC(=O)c1ccc(CC(C=O)C(=O)OCC)cc1. The number of rotatable bonds is 7. The normalized spacial score (nSPS) is 11.5. The predicted molar refractivity (Wildman–Crippen MR) is 72.3 cm³/mol. The van der Waals surface area contributed by atoms with Gasteiger partial charge < -0.3 is 14.3 Å². The predicted octanol–water partition coefficient (Wildman–Crippen LogP) is 1.78. The Hall–Kier alpha value is -2.17. The minimum Gasteiger partial charge on any atom is -0.465 e. The van der Waals surface area contributed by atoms with Crippen LogP contribution in [0.2, 0.25) is 0 Å². The summed E-state index contributed by atoms with van der Waals surface area (Å²) < 4.78 is 9.69. The average molecular weight is 278 g/mol. The fraction of sp³-hybridized carbons (Fsp3) is 0.400. The smallest absolute Gasteiger partial charge is 0.338 e. The van der Waals surface area contributed by atoms with Crippen molar-refractivity contribution in [2.45, 2.75) is 20.3 Å². The standard InChI is InChI=1S/C15H18O5/c1-3-19-14(17)12-7-5-11(6-8-12)9-13(10-16)15(18)20-4-2/h5-8,10,13H,3-4,9H2,1-2H3. The van der Waals surface area contributed by atoms with Crippen LogP contribution in [-0.2, 0) is 25.5 Å². The van der Waals surface area contributed by atoms with Gasteiger partial charge in [-0.05, 0) is 38.0 Å². The summed E-state index contributed by atoms with van der Waals surface area (Å²) >= 11 is 0. The van der Waals surface area contributed by atoms with Gasteiger partial charge >= 0.3 is 11.9 Å². The van der Waals surface area contributed by atoms with Gasteiger partial charge in [-0.15, -0.1) is 0 Å². The van der Waals surface area contributed by atoms with E-state index in [1.54, 1.807) is 38.1 Å². The van der Waals surface area contributed by atoms with Crippen molar-refractivity contribution in [1.82, 2.24) is 0 Å². The number of esters is 2. The number of carbonyl (C=O) groups is 3. The molecule has 0 N–H and O–H groups in total. The zero-order chi connectivity index (χ0) is 15.0. The highest BCUT2D eigenvalue weighted by Crippen LogP contribution is 2.11. The largest absolute Gasteiger partial charge is 0.465 e. The summed E-state index contributed by atoms with van der Waals surface area (Å²) in [5.74, 6) is -1.74. The zero-order valence-electron chi connectivity index (χ0n) is 11.6. The molecule has 1 rings (SSSR count). The lowest BCUT2D eigenvalue weighted by Crippen LogP contribution is -2.21. The maximum absolute atomic E-state index is 11.5. The summed E-state index contributed by atoms with van der Waals surface area (Å²) in [7, 11) is 0. The first-order valence-electron chi connectivity index (χ1n) is 6.50. The van der Waals surface area contributed by atoms with Gasteiger partial charge in [0, 0.05) is 0 Å². The third kappa shape index (κ3) is 4.50. The minimum absolute atomic E-state index is 0.241. The molecule has 0 bridgehead atoms. The molecule has 1 aromatic carbocycles. The molecular formula is C15H18O5. The average Bonchev–Trinajstić information content (AvgIpc) is 2.45. The molecule has 0 spiro atoms. The summed E-state index contributed by atoms with van der Waals surface area (Å²) in [5.41, 5.74) is 1.22. The van der Waals surface area contributed by atoms with E-state index in [1.807, 2.05) is 0 Å². The van der Waals surface area contributed by atoms with Crippen LogP contribution < -0.4 is 0 Å². The number of benzene rings is 1. The monoisotopic (exact) mass is 278 g/mol. The molecular weight excluding hydrogens is 260 g/mol. The van der Waals surface area contributed by atoms with Crippen LogP contribution >= 0.6 is 0 Å². The van der Waals surface area contributed by atoms with Crippen molar-refractivity contribution < 1.29 is 23.9 Å². The Morgan fingerprint density at radius 2 is 1.70 bits per heavy atom. The second-order valence-electron chi connectivity index (χ2n) is 4.12. The van der Waals surface area contributed by atoms with E-state index in [0.717, 1.165) is 5.56 Å². The molecule has 0 fully saturated rings. The van der Waals surface area contributed by atoms with Gasteiger partial charge in [-0.1, -0.05) is 12.1 Å².